The molecule has 1 aliphatic heterocycles. The highest BCUT2D eigenvalue weighted by Gasteiger charge is 2.29. The summed E-state index contributed by atoms with van der Waals surface area (Å²) in [4.78, 5) is 13.4. The molecule has 1 heterocycles. The Balaban J connectivity index is 1.83. The van der Waals surface area contributed by atoms with Crippen LogP contribution in [0.5, 0.6) is 5.75 Å². The summed E-state index contributed by atoms with van der Waals surface area (Å²) >= 11 is 0. The predicted molar refractivity (Wildman–Crippen MR) is 99.4 cm³/mol. The fourth-order valence-electron chi connectivity index (χ4n) is 3.01. The third-order valence-electron chi connectivity index (χ3n) is 4.58. The lowest BCUT2D eigenvalue weighted by molar-refractivity contribution is -0.129. The molecule has 0 saturated carbocycles. The number of hydrogen-bond donors (Lipinski definition) is 0. The maximum Gasteiger partial charge on any atom is 0.243 e. The van der Waals surface area contributed by atoms with Crippen molar-refractivity contribution in [3.8, 4) is 16.9 Å². The zero-order chi connectivity index (χ0) is 18.7. The van der Waals surface area contributed by atoms with Crippen molar-refractivity contribution in [2.75, 3.05) is 33.3 Å². The first-order chi connectivity index (χ1) is 12.4. The van der Waals surface area contributed by atoms with Crippen LogP contribution in [0.4, 0.5) is 0 Å². The van der Waals surface area contributed by atoms with E-state index in [4.69, 9.17) is 4.74 Å². The molecule has 1 amide bonds. The summed E-state index contributed by atoms with van der Waals surface area (Å²) in [5.41, 5.74) is 1.75. The molecular formula is C19H22N2O4S. The Morgan fingerprint density at radius 3 is 2.19 bits per heavy atom. The monoisotopic (exact) mass is 374 g/mol. The Hall–Kier alpha value is -2.38. The summed E-state index contributed by atoms with van der Waals surface area (Å²) in [6, 6.07) is 14.4. The third-order valence-corrected chi connectivity index (χ3v) is 6.47. The minimum absolute atomic E-state index is 0.0245. The molecule has 0 aromatic heterocycles. The number of sulfonamides is 1. The summed E-state index contributed by atoms with van der Waals surface area (Å²) < 4.78 is 32.5. The first-order valence-electron chi connectivity index (χ1n) is 8.42. The Morgan fingerprint density at radius 2 is 1.62 bits per heavy atom. The molecule has 2 aromatic carbocycles. The van der Waals surface area contributed by atoms with Crippen LogP contribution in [-0.4, -0.2) is 56.8 Å². The van der Waals surface area contributed by atoms with Gasteiger partial charge in [-0.1, -0.05) is 24.3 Å². The van der Waals surface area contributed by atoms with E-state index in [0.717, 1.165) is 16.9 Å². The van der Waals surface area contributed by atoms with Crippen molar-refractivity contribution in [1.29, 1.82) is 0 Å². The van der Waals surface area contributed by atoms with Gasteiger partial charge in [0.2, 0.25) is 15.9 Å². The second kappa shape index (κ2) is 7.47. The lowest BCUT2D eigenvalue weighted by atomic mass is 10.1. The van der Waals surface area contributed by atoms with Gasteiger partial charge in [-0.2, -0.15) is 4.31 Å². The van der Waals surface area contributed by atoms with E-state index in [2.05, 4.69) is 0 Å². The molecule has 0 atom stereocenters. The fraction of sp³-hybridized carbons (Fsp3) is 0.316. The topological polar surface area (TPSA) is 66.9 Å². The number of carbonyl (C=O) groups excluding carboxylic acids is 1. The smallest absolute Gasteiger partial charge is 0.243 e. The summed E-state index contributed by atoms with van der Waals surface area (Å²) in [7, 11) is -1.98. The molecule has 2 aromatic rings. The number of ether oxygens (including phenoxy) is 1. The number of nitrogens with zero attached hydrogens (tertiary/aromatic N) is 2. The molecule has 1 saturated heterocycles. The van der Waals surface area contributed by atoms with E-state index < -0.39 is 10.0 Å². The molecule has 0 radical (unpaired) electrons. The van der Waals surface area contributed by atoms with Gasteiger partial charge in [0.25, 0.3) is 0 Å². The van der Waals surface area contributed by atoms with Crippen molar-refractivity contribution in [2.45, 2.75) is 11.8 Å². The van der Waals surface area contributed by atoms with E-state index in [0.29, 0.717) is 26.2 Å². The number of hydrogen-bond acceptors (Lipinski definition) is 4. The van der Waals surface area contributed by atoms with Gasteiger partial charge in [-0.05, 0) is 35.4 Å². The summed E-state index contributed by atoms with van der Waals surface area (Å²) in [6.07, 6.45) is 0. The molecule has 6 nitrogen and oxygen atoms in total. The van der Waals surface area contributed by atoms with Crippen molar-refractivity contribution in [1.82, 2.24) is 9.21 Å². The van der Waals surface area contributed by atoms with Gasteiger partial charge in [0.15, 0.2) is 0 Å². The average Bonchev–Trinajstić information content (AvgIpc) is 2.68. The molecule has 0 unspecified atom stereocenters. The highest BCUT2D eigenvalue weighted by molar-refractivity contribution is 7.89. The molecular weight excluding hydrogens is 352 g/mol. The van der Waals surface area contributed by atoms with Crippen LogP contribution in [0.15, 0.2) is 53.4 Å². The van der Waals surface area contributed by atoms with Crippen molar-refractivity contribution >= 4 is 15.9 Å². The van der Waals surface area contributed by atoms with Crippen LogP contribution < -0.4 is 4.74 Å². The number of amides is 1. The molecule has 0 N–H and O–H groups in total. The lowest BCUT2D eigenvalue weighted by Gasteiger charge is -2.33. The Kier molecular flexibility index (Phi) is 5.29. The SMILES string of the molecule is COc1ccc(-c2cccc(S(=O)(=O)N3CCN(C(C)=O)CC3)c2)cc1. The van der Waals surface area contributed by atoms with E-state index in [1.165, 1.54) is 11.2 Å². The predicted octanol–water partition coefficient (Wildman–Crippen LogP) is 2.21. The third kappa shape index (κ3) is 3.73. The highest BCUT2D eigenvalue weighted by atomic mass is 32.2. The van der Waals surface area contributed by atoms with E-state index in [1.54, 1.807) is 30.2 Å². The van der Waals surface area contributed by atoms with Gasteiger partial charge >= 0.3 is 0 Å². The quantitative estimate of drug-likeness (QED) is 0.823. The van der Waals surface area contributed by atoms with Crippen molar-refractivity contribution in [3.05, 3.63) is 48.5 Å². The molecule has 0 spiro atoms. The zero-order valence-electron chi connectivity index (χ0n) is 14.9. The Bertz CT molecular complexity index is 886. The summed E-state index contributed by atoms with van der Waals surface area (Å²) in [6.45, 7) is 2.98. The standard InChI is InChI=1S/C19H22N2O4S/c1-15(22)20-10-12-21(13-11-20)26(23,24)19-5-3-4-17(14-19)16-6-8-18(25-2)9-7-16/h3-9,14H,10-13H2,1-2H3. The minimum atomic E-state index is -3.58. The van der Waals surface area contributed by atoms with E-state index >= 15 is 0 Å². The van der Waals surface area contributed by atoms with Gasteiger partial charge in [0.1, 0.15) is 5.75 Å². The van der Waals surface area contributed by atoms with Crippen LogP contribution in [0, 0.1) is 0 Å². The van der Waals surface area contributed by atoms with Crippen LogP contribution in [0.25, 0.3) is 11.1 Å². The second-order valence-corrected chi connectivity index (χ2v) is 8.10. The van der Waals surface area contributed by atoms with Crippen LogP contribution in [0.1, 0.15) is 6.92 Å². The first-order valence-corrected chi connectivity index (χ1v) is 9.86. The molecule has 0 aliphatic carbocycles. The molecule has 3 rings (SSSR count). The van der Waals surface area contributed by atoms with Crippen molar-refractivity contribution in [3.63, 3.8) is 0 Å². The van der Waals surface area contributed by atoms with Crippen molar-refractivity contribution < 1.29 is 17.9 Å². The fourth-order valence-corrected chi connectivity index (χ4v) is 4.48. The van der Waals surface area contributed by atoms with Gasteiger partial charge in [0.05, 0.1) is 12.0 Å². The summed E-state index contributed by atoms with van der Waals surface area (Å²) in [5.74, 6) is 0.726. The van der Waals surface area contributed by atoms with E-state index in [-0.39, 0.29) is 10.8 Å². The average molecular weight is 374 g/mol. The van der Waals surface area contributed by atoms with Gasteiger partial charge in [-0.25, -0.2) is 8.42 Å². The molecule has 26 heavy (non-hydrogen) atoms. The highest BCUT2D eigenvalue weighted by Crippen LogP contribution is 2.26. The molecule has 7 heteroatoms. The largest absolute Gasteiger partial charge is 0.497 e. The molecule has 1 fully saturated rings. The molecule has 138 valence electrons. The van der Waals surface area contributed by atoms with Gasteiger partial charge in [0, 0.05) is 33.1 Å². The Morgan fingerprint density at radius 1 is 0.962 bits per heavy atom. The van der Waals surface area contributed by atoms with Crippen LogP contribution in [0.3, 0.4) is 0 Å². The van der Waals surface area contributed by atoms with E-state index in [9.17, 15) is 13.2 Å². The van der Waals surface area contributed by atoms with Gasteiger partial charge in [-0.3, -0.25) is 4.79 Å². The number of methoxy groups -OCH3 is 1. The number of piperazine rings is 1. The van der Waals surface area contributed by atoms with E-state index in [1.807, 2.05) is 30.3 Å². The maximum atomic E-state index is 13.0. The maximum absolute atomic E-state index is 13.0. The van der Waals surface area contributed by atoms with Crippen LogP contribution in [0.2, 0.25) is 0 Å². The van der Waals surface area contributed by atoms with Gasteiger partial charge < -0.3 is 9.64 Å². The first kappa shape index (κ1) is 18.4. The number of carbonyl (C=O) groups is 1. The summed E-state index contributed by atoms with van der Waals surface area (Å²) in [5, 5.41) is 0. The molecule has 0 bridgehead atoms. The Labute approximate surface area is 154 Å². The van der Waals surface area contributed by atoms with Crippen molar-refractivity contribution in [2.24, 2.45) is 0 Å². The lowest BCUT2D eigenvalue weighted by Crippen LogP contribution is -2.49. The second-order valence-electron chi connectivity index (χ2n) is 6.17. The minimum Gasteiger partial charge on any atom is -0.497 e. The number of benzene rings is 2. The van der Waals surface area contributed by atoms with Gasteiger partial charge in [-0.15, -0.1) is 0 Å². The number of rotatable bonds is 4. The molecule has 1 aliphatic rings. The normalized spacial score (nSPS) is 15.7. The van der Waals surface area contributed by atoms with Crippen LogP contribution >= 0.6 is 0 Å². The van der Waals surface area contributed by atoms with Crippen LogP contribution in [-0.2, 0) is 14.8 Å². The zero-order valence-corrected chi connectivity index (χ0v) is 15.7.